The van der Waals surface area contributed by atoms with Crippen LogP contribution in [0.2, 0.25) is 0 Å². The lowest BCUT2D eigenvalue weighted by atomic mass is 10.0. The molecule has 0 aromatic carbocycles. The zero-order chi connectivity index (χ0) is 18.2. The Hall–Kier alpha value is -2.07. The molecule has 1 atom stereocenters. The molecule has 1 aliphatic rings. The monoisotopic (exact) mass is 366 g/mol. The number of carbonyl (C=O) groups is 1. The van der Waals surface area contributed by atoms with Crippen LogP contribution in [0, 0.1) is 13.8 Å². The highest BCUT2D eigenvalue weighted by Crippen LogP contribution is 2.19. The van der Waals surface area contributed by atoms with Crippen LogP contribution in [0.4, 0.5) is 0 Å². The minimum Gasteiger partial charge on any atom is -0.332 e. The molecule has 0 radical (unpaired) electrons. The molecule has 136 valence electrons. The summed E-state index contributed by atoms with van der Waals surface area (Å²) in [6.07, 6.45) is 3.70. The SMILES string of the molecule is Cc1cc(C)n2nc(C(=O)N3CCCC[C@@H]3CNS(C)(=O)=O)nc2n1. The van der Waals surface area contributed by atoms with Crippen LogP contribution < -0.4 is 4.72 Å². The van der Waals surface area contributed by atoms with E-state index in [9.17, 15) is 13.2 Å². The molecule has 0 unspecified atom stereocenters. The second kappa shape index (κ2) is 6.68. The Labute approximate surface area is 146 Å². The molecule has 1 amide bonds. The summed E-state index contributed by atoms with van der Waals surface area (Å²) >= 11 is 0. The normalized spacial score (nSPS) is 18.7. The Bertz CT molecular complexity index is 907. The first-order chi connectivity index (χ1) is 11.7. The van der Waals surface area contributed by atoms with Gasteiger partial charge in [-0.05, 0) is 39.2 Å². The van der Waals surface area contributed by atoms with Gasteiger partial charge in [-0.15, -0.1) is 5.10 Å². The van der Waals surface area contributed by atoms with Gasteiger partial charge >= 0.3 is 0 Å². The van der Waals surface area contributed by atoms with Crippen LogP contribution >= 0.6 is 0 Å². The molecule has 0 spiro atoms. The van der Waals surface area contributed by atoms with Gasteiger partial charge in [0.2, 0.25) is 15.8 Å². The van der Waals surface area contributed by atoms with Crippen molar-refractivity contribution in [1.29, 1.82) is 0 Å². The third kappa shape index (κ3) is 3.96. The van der Waals surface area contributed by atoms with Crippen molar-refractivity contribution in [2.24, 2.45) is 0 Å². The Kier molecular flexibility index (Phi) is 4.74. The van der Waals surface area contributed by atoms with Gasteiger partial charge in [-0.25, -0.2) is 22.6 Å². The molecule has 2 aromatic rings. The van der Waals surface area contributed by atoms with Crippen molar-refractivity contribution in [3.05, 3.63) is 23.3 Å². The van der Waals surface area contributed by atoms with Crippen LogP contribution in [0.1, 0.15) is 41.3 Å². The molecule has 1 aliphatic heterocycles. The summed E-state index contributed by atoms with van der Waals surface area (Å²) in [4.78, 5) is 23.1. The van der Waals surface area contributed by atoms with Crippen LogP contribution in [0.5, 0.6) is 0 Å². The zero-order valence-electron chi connectivity index (χ0n) is 14.6. The maximum atomic E-state index is 12.9. The summed E-state index contributed by atoms with van der Waals surface area (Å²) in [6, 6.07) is 1.67. The fourth-order valence-corrected chi connectivity index (χ4v) is 3.61. The van der Waals surface area contributed by atoms with E-state index in [1.807, 2.05) is 19.9 Å². The van der Waals surface area contributed by atoms with Gasteiger partial charge in [-0.2, -0.15) is 4.98 Å². The number of carbonyl (C=O) groups excluding carboxylic acids is 1. The topological polar surface area (TPSA) is 110 Å². The first-order valence-electron chi connectivity index (χ1n) is 8.21. The van der Waals surface area contributed by atoms with E-state index in [1.165, 1.54) is 0 Å². The molecule has 3 rings (SSSR count). The van der Waals surface area contributed by atoms with Crippen LogP contribution in [0.15, 0.2) is 6.07 Å². The number of sulfonamides is 1. The first-order valence-corrected chi connectivity index (χ1v) is 10.1. The number of nitrogens with one attached hydrogen (secondary N) is 1. The van der Waals surface area contributed by atoms with Gasteiger partial charge in [-0.3, -0.25) is 4.79 Å². The van der Waals surface area contributed by atoms with Gasteiger partial charge in [0.15, 0.2) is 0 Å². The molecule has 10 heteroatoms. The smallest absolute Gasteiger partial charge is 0.293 e. The highest BCUT2D eigenvalue weighted by molar-refractivity contribution is 7.88. The Morgan fingerprint density at radius 3 is 2.80 bits per heavy atom. The quantitative estimate of drug-likeness (QED) is 0.833. The van der Waals surface area contributed by atoms with Crippen LogP contribution in [0.3, 0.4) is 0 Å². The lowest BCUT2D eigenvalue weighted by Crippen LogP contribution is -2.49. The number of aromatic nitrogens is 4. The fourth-order valence-electron chi connectivity index (χ4n) is 3.11. The molecule has 1 saturated heterocycles. The molecular weight excluding hydrogens is 344 g/mol. The summed E-state index contributed by atoms with van der Waals surface area (Å²) in [5, 5.41) is 4.29. The minimum absolute atomic E-state index is 0.0902. The minimum atomic E-state index is -3.30. The third-order valence-electron chi connectivity index (χ3n) is 4.28. The fraction of sp³-hybridized carbons (Fsp3) is 0.600. The van der Waals surface area contributed by atoms with Gasteiger partial charge in [-0.1, -0.05) is 0 Å². The first kappa shape index (κ1) is 17.7. The third-order valence-corrected chi connectivity index (χ3v) is 4.97. The van der Waals surface area contributed by atoms with Gasteiger partial charge < -0.3 is 4.90 Å². The molecule has 1 N–H and O–H groups in total. The summed E-state index contributed by atoms with van der Waals surface area (Å²) in [5.74, 6) is 0.193. The molecule has 0 aliphatic carbocycles. The number of hydrogen-bond donors (Lipinski definition) is 1. The van der Waals surface area contributed by atoms with E-state index in [0.717, 1.165) is 36.9 Å². The predicted molar refractivity (Wildman–Crippen MR) is 91.8 cm³/mol. The van der Waals surface area contributed by atoms with Crippen molar-refractivity contribution < 1.29 is 13.2 Å². The number of likely N-dealkylation sites (tertiary alicyclic amines) is 1. The lowest BCUT2D eigenvalue weighted by Gasteiger charge is -2.35. The Morgan fingerprint density at radius 2 is 2.08 bits per heavy atom. The number of hydrogen-bond acceptors (Lipinski definition) is 6. The van der Waals surface area contributed by atoms with E-state index in [-0.39, 0.29) is 24.3 Å². The van der Waals surface area contributed by atoms with E-state index in [0.29, 0.717) is 12.3 Å². The molecular formula is C15H22N6O3S. The number of aryl methyl sites for hydroxylation is 2. The Balaban J connectivity index is 1.86. The van der Waals surface area contributed by atoms with Crippen LogP contribution in [-0.2, 0) is 10.0 Å². The number of fused-ring (bicyclic) bond motifs is 1. The highest BCUT2D eigenvalue weighted by Gasteiger charge is 2.30. The van der Waals surface area contributed by atoms with Crippen molar-refractivity contribution in [1.82, 2.24) is 29.2 Å². The van der Waals surface area contributed by atoms with Crippen LogP contribution in [-0.4, -0.2) is 64.2 Å². The maximum absolute atomic E-state index is 12.9. The number of rotatable bonds is 4. The maximum Gasteiger partial charge on any atom is 0.293 e. The lowest BCUT2D eigenvalue weighted by molar-refractivity contribution is 0.0606. The summed E-state index contributed by atoms with van der Waals surface area (Å²) in [5.41, 5.74) is 1.66. The standard InChI is InChI=1S/C15H22N6O3S/c1-10-8-11(2)21-15(17-10)18-13(19-21)14(22)20-7-5-4-6-12(20)9-16-25(3,23)24/h8,12,16H,4-7,9H2,1-3H3/t12-/m1/s1. The van der Waals surface area contributed by atoms with Gasteiger partial charge in [0.25, 0.3) is 11.7 Å². The van der Waals surface area contributed by atoms with Gasteiger partial charge in [0, 0.05) is 30.5 Å². The molecule has 25 heavy (non-hydrogen) atoms. The summed E-state index contributed by atoms with van der Waals surface area (Å²) in [6.45, 7) is 4.51. The van der Waals surface area contributed by atoms with Crippen molar-refractivity contribution >= 4 is 21.7 Å². The van der Waals surface area contributed by atoms with E-state index < -0.39 is 10.0 Å². The largest absolute Gasteiger partial charge is 0.332 e. The van der Waals surface area contributed by atoms with Crippen molar-refractivity contribution in [3.63, 3.8) is 0 Å². The van der Waals surface area contributed by atoms with Crippen molar-refractivity contribution in [2.45, 2.75) is 39.2 Å². The van der Waals surface area contributed by atoms with Gasteiger partial charge in [0.05, 0.1) is 6.26 Å². The van der Waals surface area contributed by atoms with Crippen molar-refractivity contribution in [3.8, 4) is 0 Å². The number of piperidine rings is 1. The van der Waals surface area contributed by atoms with E-state index in [2.05, 4.69) is 19.8 Å². The molecule has 0 bridgehead atoms. The molecule has 3 heterocycles. The molecule has 0 saturated carbocycles. The zero-order valence-corrected chi connectivity index (χ0v) is 15.4. The van der Waals surface area contributed by atoms with E-state index in [4.69, 9.17) is 0 Å². The van der Waals surface area contributed by atoms with Crippen LogP contribution in [0.25, 0.3) is 5.78 Å². The molecule has 9 nitrogen and oxygen atoms in total. The molecule has 1 fully saturated rings. The van der Waals surface area contributed by atoms with E-state index >= 15 is 0 Å². The number of nitrogens with zero attached hydrogens (tertiary/aromatic N) is 5. The predicted octanol–water partition coefficient (Wildman–Crippen LogP) is 0.285. The summed E-state index contributed by atoms with van der Waals surface area (Å²) in [7, 11) is -3.30. The van der Waals surface area contributed by atoms with Gasteiger partial charge in [0.1, 0.15) is 0 Å². The van der Waals surface area contributed by atoms with E-state index in [1.54, 1.807) is 9.42 Å². The summed E-state index contributed by atoms with van der Waals surface area (Å²) < 4.78 is 26.8. The Morgan fingerprint density at radius 1 is 1.32 bits per heavy atom. The number of amides is 1. The average molecular weight is 366 g/mol. The average Bonchev–Trinajstić information content (AvgIpc) is 2.96. The van der Waals surface area contributed by atoms with Crippen molar-refractivity contribution in [2.75, 3.05) is 19.3 Å². The second-order valence-electron chi connectivity index (χ2n) is 6.45. The highest BCUT2D eigenvalue weighted by atomic mass is 32.2. The molecule has 2 aromatic heterocycles. The second-order valence-corrected chi connectivity index (χ2v) is 8.29.